The summed E-state index contributed by atoms with van der Waals surface area (Å²) in [5, 5.41) is 0. The first-order valence-electron chi connectivity index (χ1n) is 7.01. The van der Waals surface area contributed by atoms with Crippen molar-refractivity contribution in [1.82, 2.24) is 4.90 Å². The Kier molecular flexibility index (Phi) is 5.26. The summed E-state index contributed by atoms with van der Waals surface area (Å²) in [6, 6.07) is 0.343. The molecule has 2 heteroatoms. The van der Waals surface area contributed by atoms with Crippen molar-refractivity contribution in [3.8, 4) is 0 Å². The highest BCUT2D eigenvalue weighted by molar-refractivity contribution is 4.85. The van der Waals surface area contributed by atoms with Crippen molar-refractivity contribution < 1.29 is 0 Å². The Balaban J connectivity index is 2.37. The number of nitrogens with two attached hydrogens (primary N) is 1. The Hall–Kier alpha value is -0.0800. The van der Waals surface area contributed by atoms with Crippen LogP contribution in [0, 0.1) is 11.3 Å². The Labute approximate surface area is 102 Å². The normalized spacial score (nSPS) is 23.6. The second kappa shape index (κ2) is 6.02. The number of likely N-dealkylation sites (tertiary alicyclic amines) is 1. The highest BCUT2D eigenvalue weighted by atomic mass is 15.1. The molecule has 96 valence electrons. The van der Waals surface area contributed by atoms with Crippen LogP contribution in [0.1, 0.15) is 53.4 Å². The van der Waals surface area contributed by atoms with Crippen molar-refractivity contribution in [3.05, 3.63) is 0 Å². The van der Waals surface area contributed by atoms with E-state index in [1.54, 1.807) is 0 Å². The molecule has 0 bridgehead atoms. The molecule has 1 aliphatic heterocycles. The highest BCUT2D eigenvalue weighted by Crippen LogP contribution is 2.37. The van der Waals surface area contributed by atoms with Gasteiger partial charge in [-0.05, 0) is 37.3 Å². The molecular weight excluding hydrogens is 196 g/mol. The summed E-state index contributed by atoms with van der Waals surface area (Å²) in [6.45, 7) is 12.7. The average molecular weight is 226 g/mol. The SMILES string of the molecule is CCC1(CC)CCN(CC(N)C(C)C)CC1. The summed E-state index contributed by atoms with van der Waals surface area (Å²) in [5.41, 5.74) is 6.78. The largest absolute Gasteiger partial charge is 0.326 e. The smallest absolute Gasteiger partial charge is 0.0191 e. The van der Waals surface area contributed by atoms with Gasteiger partial charge in [-0.15, -0.1) is 0 Å². The zero-order valence-corrected chi connectivity index (χ0v) is 11.6. The zero-order chi connectivity index (χ0) is 12.2. The first-order valence-corrected chi connectivity index (χ1v) is 7.01. The lowest BCUT2D eigenvalue weighted by Crippen LogP contribution is -2.46. The number of rotatable bonds is 5. The van der Waals surface area contributed by atoms with Crippen LogP contribution in [-0.2, 0) is 0 Å². The van der Waals surface area contributed by atoms with Crippen LogP contribution in [0.25, 0.3) is 0 Å². The molecule has 1 atom stereocenters. The Bertz CT molecular complexity index is 187. The molecule has 1 rings (SSSR count). The third-order valence-electron chi connectivity index (χ3n) is 4.74. The molecule has 0 aromatic carbocycles. The van der Waals surface area contributed by atoms with Gasteiger partial charge < -0.3 is 10.6 Å². The van der Waals surface area contributed by atoms with Crippen LogP contribution in [0.15, 0.2) is 0 Å². The summed E-state index contributed by atoms with van der Waals surface area (Å²) >= 11 is 0. The monoisotopic (exact) mass is 226 g/mol. The van der Waals surface area contributed by atoms with Gasteiger partial charge in [-0.3, -0.25) is 0 Å². The van der Waals surface area contributed by atoms with E-state index in [1.807, 2.05) is 0 Å². The minimum Gasteiger partial charge on any atom is -0.326 e. The van der Waals surface area contributed by atoms with Crippen LogP contribution < -0.4 is 5.73 Å². The summed E-state index contributed by atoms with van der Waals surface area (Å²) in [6.07, 6.45) is 5.41. The molecule has 2 nitrogen and oxygen atoms in total. The highest BCUT2D eigenvalue weighted by Gasteiger charge is 2.31. The summed E-state index contributed by atoms with van der Waals surface area (Å²) < 4.78 is 0. The molecule has 1 heterocycles. The van der Waals surface area contributed by atoms with E-state index in [0.29, 0.717) is 17.4 Å². The maximum absolute atomic E-state index is 6.14. The standard InChI is InChI=1S/C14H30N2/c1-5-14(6-2)7-9-16(10-8-14)11-13(15)12(3)4/h12-13H,5-11,15H2,1-4H3. The summed E-state index contributed by atoms with van der Waals surface area (Å²) in [4.78, 5) is 2.56. The predicted molar refractivity (Wildman–Crippen MR) is 71.5 cm³/mol. The van der Waals surface area contributed by atoms with Gasteiger partial charge in [-0.1, -0.05) is 40.5 Å². The molecule has 0 aliphatic carbocycles. The van der Waals surface area contributed by atoms with Gasteiger partial charge in [-0.2, -0.15) is 0 Å². The van der Waals surface area contributed by atoms with E-state index in [1.165, 1.54) is 38.8 Å². The second-order valence-electron chi connectivity index (χ2n) is 5.92. The van der Waals surface area contributed by atoms with Crippen LogP contribution in [0.5, 0.6) is 0 Å². The molecule has 1 saturated heterocycles. The molecule has 0 radical (unpaired) electrons. The van der Waals surface area contributed by atoms with E-state index in [4.69, 9.17) is 5.73 Å². The van der Waals surface area contributed by atoms with Gasteiger partial charge in [0, 0.05) is 12.6 Å². The topological polar surface area (TPSA) is 29.3 Å². The fraction of sp³-hybridized carbons (Fsp3) is 1.00. The van der Waals surface area contributed by atoms with Gasteiger partial charge in [-0.25, -0.2) is 0 Å². The molecule has 1 fully saturated rings. The van der Waals surface area contributed by atoms with Gasteiger partial charge in [0.2, 0.25) is 0 Å². The van der Waals surface area contributed by atoms with Gasteiger partial charge >= 0.3 is 0 Å². The van der Waals surface area contributed by atoms with Crippen LogP contribution in [0.2, 0.25) is 0 Å². The molecule has 1 aliphatic rings. The minimum absolute atomic E-state index is 0.343. The first kappa shape index (κ1) is 14.0. The third kappa shape index (κ3) is 3.46. The van der Waals surface area contributed by atoms with Gasteiger partial charge in [0.25, 0.3) is 0 Å². The van der Waals surface area contributed by atoms with Crippen LogP contribution in [0.4, 0.5) is 0 Å². The second-order valence-corrected chi connectivity index (χ2v) is 5.92. The Morgan fingerprint density at radius 2 is 1.62 bits per heavy atom. The zero-order valence-electron chi connectivity index (χ0n) is 11.6. The lowest BCUT2D eigenvalue weighted by molar-refractivity contribution is 0.0880. The average Bonchev–Trinajstić information content (AvgIpc) is 2.30. The molecule has 2 N–H and O–H groups in total. The lowest BCUT2D eigenvalue weighted by Gasteiger charge is -2.42. The molecule has 0 spiro atoms. The van der Waals surface area contributed by atoms with Crippen molar-refractivity contribution in [2.24, 2.45) is 17.1 Å². The number of piperidine rings is 1. The molecule has 0 saturated carbocycles. The van der Waals surface area contributed by atoms with E-state index < -0.39 is 0 Å². The Morgan fingerprint density at radius 3 is 2.00 bits per heavy atom. The molecule has 0 aromatic rings. The number of nitrogens with zero attached hydrogens (tertiary/aromatic N) is 1. The van der Waals surface area contributed by atoms with Crippen molar-refractivity contribution in [1.29, 1.82) is 0 Å². The maximum atomic E-state index is 6.14. The minimum atomic E-state index is 0.343. The molecular formula is C14H30N2. The van der Waals surface area contributed by atoms with Crippen molar-refractivity contribution in [2.75, 3.05) is 19.6 Å². The number of hydrogen-bond donors (Lipinski definition) is 1. The van der Waals surface area contributed by atoms with E-state index >= 15 is 0 Å². The van der Waals surface area contributed by atoms with Crippen LogP contribution in [-0.4, -0.2) is 30.6 Å². The lowest BCUT2D eigenvalue weighted by atomic mass is 9.74. The van der Waals surface area contributed by atoms with Gasteiger partial charge in [0.1, 0.15) is 0 Å². The Morgan fingerprint density at radius 1 is 1.12 bits per heavy atom. The summed E-state index contributed by atoms with van der Waals surface area (Å²) in [7, 11) is 0. The maximum Gasteiger partial charge on any atom is 0.0191 e. The molecule has 1 unspecified atom stereocenters. The molecule has 0 aromatic heterocycles. The fourth-order valence-corrected chi connectivity index (χ4v) is 2.68. The van der Waals surface area contributed by atoms with E-state index in [0.717, 1.165) is 6.54 Å². The van der Waals surface area contributed by atoms with Gasteiger partial charge in [0.05, 0.1) is 0 Å². The van der Waals surface area contributed by atoms with E-state index in [-0.39, 0.29) is 0 Å². The molecule has 16 heavy (non-hydrogen) atoms. The third-order valence-corrected chi connectivity index (χ3v) is 4.74. The van der Waals surface area contributed by atoms with Crippen molar-refractivity contribution in [3.63, 3.8) is 0 Å². The summed E-state index contributed by atoms with van der Waals surface area (Å²) in [5.74, 6) is 0.601. The number of hydrogen-bond acceptors (Lipinski definition) is 2. The van der Waals surface area contributed by atoms with Crippen molar-refractivity contribution >= 4 is 0 Å². The first-order chi connectivity index (χ1) is 7.53. The predicted octanol–water partition coefficient (Wildman–Crippen LogP) is 2.87. The van der Waals surface area contributed by atoms with Crippen molar-refractivity contribution in [2.45, 2.75) is 59.4 Å². The molecule has 0 amide bonds. The van der Waals surface area contributed by atoms with E-state index in [9.17, 15) is 0 Å². The fourth-order valence-electron chi connectivity index (χ4n) is 2.68. The van der Waals surface area contributed by atoms with Crippen LogP contribution >= 0.6 is 0 Å². The van der Waals surface area contributed by atoms with E-state index in [2.05, 4.69) is 32.6 Å². The van der Waals surface area contributed by atoms with Crippen LogP contribution in [0.3, 0.4) is 0 Å². The quantitative estimate of drug-likeness (QED) is 0.781. The van der Waals surface area contributed by atoms with Gasteiger partial charge in [0.15, 0.2) is 0 Å².